The summed E-state index contributed by atoms with van der Waals surface area (Å²) >= 11 is 5.93. The highest BCUT2D eigenvalue weighted by atomic mass is 35.5. The highest BCUT2D eigenvalue weighted by molar-refractivity contribution is 6.30. The van der Waals surface area contributed by atoms with E-state index in [0.29, 0.717) is 12.0 Å². The maximum atomic E-state index is 5.93. The largest absolute Gasteiger partial charge is 0.271 e. The van der Waals surface area contributed by atoms with Gasteiger partial charge in [0.2, 0.25) is 0 Å². The molecule has 1 aromatic rings. The number of hydrazine groups is 1. The smallest absolute Gasteiger partial charge is 0.0406 e. The molecule has 3 heteroatoms. The first-order chi connectivity index (χ1) is 9.22. The molecule has 0 saturated heterocycles. The van der Waals surface area contributed by atoms with Crippen LogP contribution in [0.5, 0.6) is 0 Å². The first-order valence-corrected chi connectivity index (χ1v) is 7.81. The molecule has 106 valence electrons. The van der Waals surface area contributed by atoms with Crippen molar-refractivity contribution in [3.05, 3.63) is 34.9 Å². The summed E-state index contributed by atoms with van der Waals surface area (Å²) in [6, 6.07) is 8.51. The minimum atomic E-state index is 0.385. The predicted molar refractivity (Wildman–Crippen MR) is 82.0 cm³/mol. The van der Waals surface area contributed by atoms with Gasteiger partial charge in [-0.25, -0.2) is 0 Å². The number of nitrogens with one attached hydrogen (secondary N) is 1. The molecule has 0 aliphatic heterocycles. The lowest BCUT2D eigenvalue weighted by Gasteiger charge is -2.34. The Kier molecular flexibility index (Phi) is 5.68. The Morgan fingerprint density at radius 1 is 1.32 bits per heavy atom. The molecule has 1 saturated carbocycles. The maximum Gasteiger partial charge on any atom is 0.0406 e. The molecule has 1 aromatic carbocycles. The van der Waals surface area contributed by atoms with E-state index in [1.807, 2.05) is 12.1 Å². The first-order valence-electron chi connectivity index (χ1n) is 7.43. The minimum Gasteiger partial charge on any atom is -0.271 e. The molecule has 2 nitrogen and oxygen atoms in total. The lowest BCUT2D eigenvalue weighted by Crippen LogP contribution is -2.44. The standard InChI is InChI=1S/C16H25ClN2/c1-2-12-4-3-5-14(10-12)16(19-18)11-13-6-8-15(17)9-7-13/h6-9,12,14,16,19H,2-5,10-11,18H2,1H3. The molecule has 1 aliphatic rings. The molecular formula is C16H25ClN2. The van der Waals surface area contributed by atoms with Crippen LogP contribution in [-0.2, 0) is 6.42 Å². The molecule has 1 aliphatic carbocycles. The van der Waals surface area contributed by atoms with Crippen molar-refractivity contribution in [3.63, 3.8) is 0 Å². The fraction of sp³-hybridized carbons (Fsp3) is 0.625. The van der Waals surface area contributed by atoms with Gasteiger partial charge in [0.1, 0.15) is 0 Å². The van der Waals surface area contributed by atoms with Crippen LogP contribution < -0.4 is 11.3 Å². The van der Waals surface area contributed by atoms with Crippen molar-refractivity contribution >= 4 is 11.6 Å². The Morgan fingerprint density at radius 2 is 2.05 bits per heavy atom. The third-order valence-electron chi connectivity index (χ3n) is 4.55. The van der Waals surface area contributed by atoms with Crippen LogP contribution in [0.2, 0.25) is 5.02 Å². The van der Waals surface area contributed by atoms with E-state index in [4.69, 9.17) is 17.4 Å². The van der Waals surface area contributed by atoms with E-state index in [9.17, 15) is 0 Å². The van der Waals surface area contributed by atoms with Crippen molar-refractivity contribution < 1.29 is 0 Å². The van der Waals surface area contributed by atoms with Crippen LogP contribution in [0.4, 0.5) is 0 Å². The number of hydrogen-bond acceptors (Lipinski definition) is 2. The van der Waals surface area contributed by atoms with E-state index < -0.39 is 0 Å². The van der Waals surface area contributed by atoms with Crippen LogP contribution >= 0.6 is 11.6 Å². The highest BCUT2D eigenvalue weighted by Gasteiger charge is 2.27. The van der Waals surface area contributed by atoms with Gasteiger partial charge in [-0.1, -0.05) is 49.9 Å². The number of halogens is 1. The summed E-state index contributed by atoms with van der Waals surface area (Å²) in [6.45, 7) is 2.30. The predicted octanol–water partition coefficient (Wildman–Crippen LogP) is 3.93. The fourth-order valence-corrected chi connectivity index (χ4v) is 3.43. The third-order valence-corrected chi connectivity index (χ3v) is 4.80. The van der Waals surface area contributed by atoms with Gasteiger partial charge in [-0.2, -0.15) is 0 Å². The molecule has 0 aromatic heterocycles. The van der Waals surface area contributed by atoms with Crippen molar-refractivity contribution in [3.8, 4) is 0 Å². The second-order valence-corrected chi connectivity index (χ2v) is 6.24. The Balaban J connectivity index is 1.97. The SMILES string of the molecule is CCC1CCCC(C(Cc2ccc(Cl)cc2)NN)C1. The number of rotatable bonds is 5. The zero-order chi connectivity index (χ0) is 13.7. The van der Waals surface area contributed by atoms with E-state index in [-0.39, 0.29) is 0 Å². The summed E-state index contributed by atoms with van der Waals surface area (Å²) in [7, 11) is 0. The summed E-state index contributed by atoms with van der Waals surface area (Å²) in [5, 5.41) is 0.796. The molecule has 1 fully saturated rings. The van der Waals surface area contributed by atoms with Crippen LogP contribution in [-0.4, -0.2) is 6.04 Å². The highest BCUT2D eigenvalue weighted by Crippen LogP contribution is 2.33. The Hall–Kier alpha value is -0.570. The minimum absolute atomic E-state index is 0.385. The Bertz CT molecular complexity index is 377. The first kappa shape index (κ1) is 14.8. The second-order valence-electron chi connectivity index (χ2n) is 5.80. The van der Waals surface area contributed by atoms with E-state index in [1.54, 1.807) is 0 Å². The average molecular weight is 281 g/mol. The van der Waals surface area contributed by atoms with E-state index >= 15 is 0 Å². The van der Waals surface area contributed by atoms with Crippen LogP contribution in [0, 0.1) is 11.8 Å². The van der Waals surface area contributed by atoms with Gasteiger partial charge < -0.3 is 0 Å². The van der Waals surface area contributed by atoms with Crippen LogP contribution in [0.15, 0.2) is 24.3 Å². The van der Waals surface area contributed by atoms with Crippen molar-refractivity contribution in [2.24, 2.45) is 17.7 Å². The third kappa shape index (κ3) is 4.20. The summed E-state index contributed by atoms with van der Waals surface area (Å²) in [4.78, 5) is 0. The van der Waals surface area contributed by atoms with Crippen molar-refractivity contribution in [1.29, 1.82) is 0 Å². The van der Waals surface area contributed by atoms with Gasteiger partial charge in [0.25, 0.3) is 0 Å². The molecule has 0 spiro atoms. The maximum absolute atomic E-state index is 5.93. The van der Waals surface area contributed by atoms with Crippen LogP contribution in [0.3, 0.4) is 0 Å². The van der Waals surface area contributed by atoms with Gasteiger partial charge in [-0.3, -0.25) is 11.3 Å². The Labute approximate surface area is 121 Å². The lowest BCUT2D eigenvalue weighted by molar-refractivity contribution is 0.208. The molecule has 0 heterocycles. The van der Waals surface area contributed by atoms with Crippen LogP contribution in [0.1, 0.15) is 44.6 Å². The van der Waals surface area contributed by atoms with Gasteiger partial charge >= 0.3 is 0 Å². The van der Waals surface area contributed by atoms with Gasteiger partial charge in [-0.05, 0) is 48.8 Å². The quantitative estimate of drug-likeness (QED) is 0.633. The molecule has 2 rings (SSSR count). The molecule has 0 bridgehead atoms. The van der Waals surface area contributed by atoms with E-state index in [0.717, 1.165) is 17.4 Å². The summed E-state index contributed by atoms with van der Waals surface area (Å²) in [5.41, 5.74) is 4.36. The van der Waals surface area contributed by atoms with E-state index in [1.165, 1.54) is 37.7 Å². The topological polar surface area (TPSA) is 38.0 Å². The van der Waals surface area contributed by atoms with Crippen LogP contribution in [0.25, 0.3) is 0 Å². The molecular weight excluding hydrogens is 256 g/mol. The average Bonchev–Trinajstić information content (AvgIpc) is 2.46. The molecule has 3 unspecified atom stereocenters. The van der Waals surface area contributed by atoms with E-state index in [2.05, 4.69) is 24.5 Å². The molecule has 19 heavy (non-hydrogen) atoms. The van der Waals surface area contributed by atoms with Crippen molar-refractivity contribution in [2.45, 2.75) is 51.5 Å². The summed E-state index contributed by atoms with van der Waals surface area (Å²) in [6.07, 6.45) is 7.66. The lowest BCUT2D eigenvalue weighted by atomic mass is 9.75. The number of benzene rings is 1. The van der Waals surface area contributed by atoms with Crippen molar-refractivity contribution in [2.75, 3.05) is 0 Å². The molecule has 0 amide bonds. The molecule has 0 radical (unpaired) electrons. The monoisotopic (exact) mass is 280 g/mol. The van der Waals surface area contributed by atoms with Gasteiger partial charge in [0.05, 0.1) is 0 Å². The van der Waals surface area contributed by atoms with Gasteiger partial charge in [-0.15, -0.1) is 0 Å². The summed E-state index contributed by atoms with van der Waals surface area (Å²) < 4.78 is 0. The number of nitrogens with two attached hydrogens (primary N) is 1. The zero-order valence-electron chi connectivity index (χ0n) is 11.7. The van der Waals surface area contributed by atoms with Gasteiger partial charge in [0, 0.05) is 11.1 Å². The summed E-state index contributed by atoms with van der Waals surface area (Å²) in [5.74, 6) is 7.39. The zero-order valence-corrected chi connectivity index (χ0v) is 12.5. The number of hydrogen-bond donors (Lipinski definition) is 2. The Morgan fingerprint density at radius 3 is 2.68 bits per heavy atom. The van der Waals surface area contributed by atoms with Crippen molar-refractivity contribution in [1.82, 2.24) is 5.43 Å². The molecule has 3 atom stereocenters. The normalized spacial score (nSPS) is 25.2. The second kappa shape index (κ2) is 7.28. The molecule has 3 N–H and O–H groups in total. The van der Waals surface area contributed by atoms with Gasteiger partial charge in [0.15, 0.2) is 0 Å². The fourth-order valence-electron chi connectivity index (χ4n) is 3.30.